The van der Waals surface area contributed by atoms with E-state index in [1.165, 1.54) is 19.1 Å². The van der Waals surface area contributed by atoms with Gasteiger partial charge in [-0.15, -0.1) is 0 Å². The van der Waals surface area contributed by atoms with Gasteiger partial charge in [0.05, 0.1) is 5.56 Å². The number of hydrogen-bond donors (Lipinski definition) is 3. The molecule has 0 spiro atoms. The first-order chi connectivity index (χ1) is 13.7. The molecule has 6 nitrogen and oxygen atoms in total. The maximum Gasteiger partial charge on any atom is 0.416 e. The molecule has 1 aliphatic rings. The Morgan fingerprint density at radius 1 is 1.28 bits per heavy atom. The van der Waals surface area contributed by atoms with Crippen molar-refractivity contribution in [2.45, 2.75) is 44.8 Å². The van der Waals surface area contributed by atoms with Crippen LogP contribution >= 0.6 is 0 Å². The van der Waals surface area contributed by atoms with E-state index < -0.39 is 23.3 Å². The number of alkyl halides is 3. The highest BCUT2D eigenvalue weighted by Gasteiger charge is 2.30. The molecule has 156 valence electrons. The number of aromatic nitrogens is 2. The van der Waals surface area contributed by atoms with Crippen molar-refractivity contribution in [2.75, 3.05) is 18.5 Å². The van der Waals surface area contributed by atoms with Gasteiger partial charge in [-0.3, -0.25) is 4.79 Å². The van der Waals surface area contributed by atoms with Crippen molar-refractivity contribution in [1.82, 2.24) is 9.97 Å². The van der Waals surface area contributed by atoms with Crippen LogP contribution in [0.5, 0.6) is 0 Å². The van der Waals surface area contributed by atoms with Gasteiger partial charge in [0.15, 0.2) is 0 Å². The van der Waals surface area contributed by atoms with Crippen molar-refractivity contribution >= 4 is 11.5 Å². The Balaban J connectivity index is 1.90. The van der Waals surface area contributed by atoms with Crippen molar-refractivity contribution in [3.63, 3.8) is 0 Å². The van der Waals surface area contributed by atoms with Crippen LogP contribution in [-0.2, 0) is 10.9 Å². The van der Waals surface area contributed by atoms with Gasteiger partial charge in [-0.05, 0) is 44.4 Å². The summed E-state index contributed by atoms with van der Waals surface area (Å²) in [5, 5.41) is 11.0. The molecule has 1 saturated heterocycles. The molecule has 3 N–H and O–H groups in total. The Morgan fingerprint density at radius 3 is 2.45 bits per heavy atom. The number of benzene rings is 1. The van der Waals surface area contributed by atoms with Crippen LogP contribution < -0.4 is 10.9 Å². The van der Waals surface area contributed by atoms with Crippen LogP contribution in [-0.4, -0.2) is 28.9 Å². The molecule has 1 aromatic carbocycles. The quantitative estimate of drug-likeness (QED) is 0.646. The standard InChI is InChI=1S/C20H23F3N4O2/c1-11(24)16-18(26-17(27-19(16)28)14-7-9-29-10-8-14)25-12(2)13-3-5-15(6-4-13)20(21,22)23/h3-6,12,14,24H,7-10H2,1-2H3,(H2,25,26,27,28). The number of aromatic amines is 1. The van der Waals surface area contributed by atoms with Crippen LogP contribution in [0.15, 0.2) is 29.1 Å². The van der Waals surface area contributed by atoms with Gasteiger partial charge in [-0.2, -0.15) is 13.2 Å². The average molecular weight is 408 g/mol. The molecule has 1 aliphatic heterocycles. The normalized spacial score (nSPS) is 16.4. The summed E-state index contributed by atoms with van der Waals surface area (Å²) in [6, 6.07) is 4.42. The summed E-state index contributed by atoms with van der Waals surface area (Å²) in [6.45, 7) is 4.44. The number of nitrogens with one attached hydrogen (secondary N) is 3. The number of H-pyrrole nitrogens is 1. The van der Waals surface area contributed by atoms with Crippen molar-refractivity contribution in [1.29, 1.82) is 5.41 Å². The maximum atomic E-state index is 12.8. The first kappa shape index (κ1) is 21.0. The zero-order chi connectivity index (χ0) is 21.2. The van der Waals surface area contributed by atoms with Crippen LogP contribution in [0, 0.1) is 5.41 Å². The lowest BCUT2D eigenvalue weighted by Gasteiger charge is -2.23. The summed E-state index contributed by atoms with van der Waals surface area (Å²) in [5.41, 5.74) is -0.336. The number of anilines is 1. The minimum absolute atomic E-state index is 0.0541. The van der Waals surface area contributed by atoms with Gasteiger partial charge in [0.25, 0.3) is 5.56 Å². The number of rotatable bonds is 5. The summed E-state index contributed by atoms with van der Waals surface area (Å²) in [5.74, 6) is 0.846. The lowest BCUT2D eigenvalue weighted by molar-refractivity contribution is -0.137. The molecule has 0 radical (unpaired) electrons. The monoisotopic (exact) mass is 408 g/mol. The zero-order valence-electron chi connectivity index (χ0n) is 16.2. The number of nitrogens with zero attached hydrogens (tertiary/aromatic N) is 1. The summed E-state index contributed by atoms with van der Waals surface area (Å²) >= 11 is 0. The number of halogens is 3. The predicted octanol–water partition coefficient (Wildman–Crippen LogP) is 4.24. The molecule has 0 saturated carbocycles. The lowest BCUT2D eigenvalue weighted by atomic mass is 9.99. The first-order valence-electron chi connectivity index (χ1n) is 9.38. The fourth-order valence-corrected chi connectivity index (χ4v) is 3.36. The number of hydrogen-bond acceptors (Lipinski definition) is 5. The van der Waals surface area contributed by atoms with E-state index >= 15 is 0 Å². The van der Waals surface area contributed by atoms with E-state index in [4.69, 9.17) is 10.1 Å². The molecule has 2 aromatic rings. The Bertz CT molecular complexity index is 932. The summed E-state index contributed by atoms with van der Waals surface area (Å²) in [4.78, 5) is 19.9. The van der Waals surface area contributed by atoms with Crippen LogP contribution in [0.4, 0.5) is 19.0 Å². The third kappa shape index (κ3) is 4.84. The van der Waals surface area contributed by atoms with E-state index in [2.05, 4.69) is 15.3 Å². The summed E-state index contributed by atoms with van der Waals surface area (Å²) in [7, 11) is 0. The van der Waals surface area contributed by atoms with E-state index in [-0.39, 0.29) is 23.0 Å². The Hall–Kier alpha value is -2.68. The van der Waals surface area contributed by atoms with Gasteiger partial charge in [-0.1, -0.05) is 12.1 Å². The van der Waals surface area contributed by atoms with Crippen molar-refractivity contribution in [3.05, 3.63) is 57.1 Å². The Morgan fingerprint density at radius 2 is 1.90 bits per heavy atom. The molecule has 1 aromatic heterocycles. The Kier molecular flexibility index (Phi) is 6.07. The van der Waals surface area contributed by atoms with Gasteiger partial charge in [-0.25, -0.2) is 4.98 Å². The third-order valence-electron chi connectivity index (χ3n) is 5.01. The van der Waals surface area contributed by atoms with Gasteiger partial charge < -0.3 is 20.4 Å². The maximum absolute atomic E-state index is 12.8. The van der Waals surface area contributed by atoms with E-state index in [0.29, 0.717) is 24.6 Å². The highest BCUT2D eigenvalue weighted by molar-refractivity contribution is 6.00. The molecule has 2 heterocycles. The molecular weight excluding hydrogens is 385 g/mol. The van der Waals surface area contributed by atoms with E-state index in [0.717, 1.165) is 25.0 Å². The van der Waals surface area contributed by atoms with Crippen LogP contribution in [0.25, 0.3) is 0 Å². The molecule has 1 fully saturated rings. The van der Waals surface area contributed by atoms with Gasteiger partial charge in [0.1, 0.15) is 17.2 Å². The molecule has 1 unspecified atom stereocenters. The topological polar surface area (TPSA) is 90.9 Å². The van der Waals surface area contributed by atoms with E-state index in [1.54, 1.807) is 6.92 Å². The number of ether oxygens (including phenoxy) is 1. The highest BCUT2D eigenvalue weighted by atomic mass is 19.4. The molecule has 0 aliphatic carbocycles. The van der Waals surface area contributed by atoms with Gasteiger partial charge >= 0.3 is 6.18 Å². The summed E-state index contributed by atoms with van der Waals surface area (Å²) < 4.78 is 43.7. The molecule has 9 heteroatoms. The molecule has 3 rings (SSSR count). The van der Waals surface area contributed by atoms with Crippen molar-refractivity contribution < 1.29 is 17.9 Å². The largest absolute Gasteiger partial charge is 0.416 e. The zero-order valence-corrected chi connectivity index (χ0v) is 16.2. The second-order valence-corrected chi connectivity index (χ2v) is 7.17. The third-order valence-corrected chi connectivity index (χ3v) is 5.01. The minimum atomic E-state index is -4.40. The SMILES string of the molecule is CC(=N)c1c(NC(C)c2ccc(C(F)(F)F)cc2)nc(C2CCOCC2)[nH]c1=O. The molecular formula is C20H23F3N4O2. The Labute approximate surface area is 166 Å². The fraction of sp³-hybridized carbons (Fsp3) is 0.450. The van der Waals surface area contributed by atoms with Crippen LogP contribution in [0.2, 0.25) is 0 Å². The second kappa shape index (κ2) is 8.36. The van der Waals surface area contributed by atoms with Crippen LogP contribution in [0.3, 0.4) is 0 Å². The lowest BCUT2D eigenvalue weighted by Crippen LogP contribution is -2.26. The predicted molar refractivity (Wildman–Crippen MR) is 104 cm³/mol. The smallest absolute Gasteiger partial charge is 0.381 e. The molecule has 0 bridgehead atoms. The van der Waals surface area contributed by atoms with Crippen LogP contribution in [0.1, 0.15) is 61.2 Å². The van der Waals surface area contributed by atoms with E-state index in [1.807, 2.05) is 0 Å². The first-order valence-corrected chi connectivity index (χ1v) is 9.38. The van der Waals surface area contributed by atoms with Crippen molar-refractivity contribution in [2.24, 2.45) is 0 Å². The average Bonchev–Trinajstić information content (AvgIpc) is 2.67. The van der Waals surface area contributed by atoms with Crippen molar-refractivity contribution in [3.8, 4) is 0 Å². The summed E-state index contributed by atoms with van der Waals surface area (Å²) in [6.07, 6.45) is -2.92. The van der Waals surface area contributed by atoms with E-state index in [9.17, 15) is 18.0 Å². The molecule has 29 heavy (non-hydrogen) atoms. The highest BCUT2D eigenvalue weighted by Crippen LogP contribution is 2.31. The van der Waals surface area contributed by atoms with Gasteiger partial charge in [0.2, 0.25) is 0 Å². The molecule has 1 atom stereocenters. The second-order valence-electron chi connectivity index (χ2n) is 7.17. The van der Waals surface area contributed by atoms with Gasteiger partial charge in [0, 0.05) is 30.9 Å². The molecule has 0 amide bonds. The minimum Gasteiger partial charge on any atom is -0.381 e. The fourth-order valence-electron chi connectivity index (χ4n) is 3.36.